The van der Waals surface area contributed by atoms with Crippen molar-refractivity contribution in [3.63, 3.8) is 0 Å². The summed E-state index contributed by atoms with van der Waals surface area (Å²) in [7, 11) is -1.90. The fourth-order valence-electron chi connectivity index (χ4n) is 3.14. The third-order valence-corrected chi connectivity index (χ3v) is 6.84. The summed E-state index contributed by atoms with van der Waals surface area (Å²) in [5.74, 6) is 1.29. The normalized spacial score (nSPS) is 14.7. The minimum atomic E-state index is -3.51. The van der Waals surface area contributed by atoms with Crippen LogP contribution in [-0.2, 0) is 26.0 Å². The largest absolute Gasteiger partial charge is 0.497 e. The summed E-state index contributed by atoms with van der Waals surface area (Å²) in [6.45, 7) is 2.20. The molecule has 2 aromatic carbocycles. The maximum absolute atomic E-state index is 12.6. The second-order valence-corrected chi connectivity index (χ2v) is 8.97. The zero-order valence-electron chi connectivity index (χ0n) is 17.6. The molecule has 0 spiro atoms. The lowest BCUT2D eigenvalue weighted by atomic mass is 10.1. The number of morpholine rings is 1. The number of ether oxygens (including phenoxy) is 3. The van der Waals surface area contributed by atoms with Crippen molar-refractivity contribution in [1.82, 2.24) is 9.62 Å². The van der Waals surface area contributed by atoms with Crippen LogP contribution in [0.3, 0.4) is 0 Å². The Bertz CT molecular complexity index is 939. The summed E-state index contributed by atoms with van der Waals surface area (Å²) in [5.41, 5.74) is 1.07. The third-order valence-electron chi connectivity index (χ3n) is 4.92. The lowest BCUT2D eigenvalue weighted by Gasteiger charge is -2.26. The minimum absolute atomic E-state index is 0.0497. The van der Waals surface area contributed by atoms with Gasteiger partial charge in [0.15, 0.2) is 0 Å². The van der Waals surface area contributed by atoms with E-state index in [1.165, 1.54) is 16.4 Å². The summed E-state index contributed by atoms with van der Waals surface area (Å²) < 4.78 is 42.6. The number of nitrogens with one attached hydrogen (secondary N) is 1. The molecule has 0 radical (unpaired) electrons. The number of benzene rings is 2. The second kappa shape index (κ2) is 11.1. The zero-order valence-corrected chi connectivity index (χ0v) is 18.4. The molecule has 9 heteroatoms. The number of nitrogens with zero attached hydrogens (tertiary/aromatic N) is 1. The number of carbonyl (C=O) groups excluding carboxylic acids is 1. The summed E-state index contributed by atoms with van der Waals surface area (Å²) in [4.78, 5) is 12.2. The molecular formula is C22H28N2O6S. The number of hydrogen-bond acceptors (Lipinski definition) is 6. The van der Waals surface area contributed by atoms with Crippen molar-refractivity contribution < 1.29 is 27.4 Å². The summed E-state index contributed by atoms with van der Waals surface area (Å²) in [6, 6.07) is 14.0. The highest BCUT2D eigenvalue weighted by Gasteiger charge is 2.26. The van der Waals surface area contributed by atoms with E-state index in [0.29, 0.717) is 58.0 Å². The average Bonchev–Trinajstić information content (AvgIpc) is 2.81. The molecule has 1 fully saturated rings. The molecule has 3 rings (SSSR count). The Hall–Kier alpha value is -2.62. The smallest absolute Gasteiger partial charge is 0.243 e. The van der Waals surface area contributed by atoms with E-state index < -0.39 is 10.0 Å². The highest BCUT2D eigenvalue weighted by atomic mass is 32.2. The van der Waals surface area contributed by atoms with Crippen LogP contribution in [0.1, 0.15) is 12.0 Å². The summed E-state index contributed by atoms with van der Waals surface area (Å²) in [6.07, 6.45) is 1.04. The maximum Gasteiger partial charge on any atom is 0.243 e. The predicted molar refractivity (Wildman–Crippen MR) is 116 cm³/mol. The Balaban J connectivity index is 1.37. The lowest BCUT2D eigenvalue weighted by molar-refractivity contribution is -0.121. The van der Waals surface area contributed by atoms with Crippen molar-refractivity contribution in [2.24, 2.45) is 0 Å². The number of hydrogen-bond donors (Lipinski definition) is 1. The second-order valence-electron chi connectivity index (χ2n) is 7.03. The quantitative estimate of drug-likeness (QED) is 0.558. The van der Waals surface area contributed by atoms with Gasteiger partial charge in [-0.15, -0.1) is 0 Å². The molecule has 0 saturated carbocycles. The van der Waals surface area contributed by atoms with Crippen molar-refractivity contribution in [2.75, 3.05) is 46.6 Å². The van der Waals surface area contributed by atoms with Crippen LogP contribution in [0.25, 0.3) is 0 Å². The van der Waals surface area contributed by atoms with Crippen LogP contribution in [0.2, 0.25) is 0 Å². The number of rotatable bonds is 10. The van der Waals surface area contributed by atoms with E-state index in [1.807, 2.05) is 24.3 Å². The highest BCUT2D eigenvalue weighted by molar-refractivity contribution is 7.89. The van der Waals surface area contributed by atoms with E-state index in [-0.39, 0.29) is 10.8 Å². The molecule has 1 N–H and O–H groups in total. The van der Waals surface area contributed by atoms with Crippen LogP contribution in [-0.4, -0.2) is 65.2 Å². The number of methoxy groups -OCH3 is 1. The Kier molecular flexibility index (Phi) is 8.27. The van der Waals surface area contributed by atoms with E-state index in [1.54, 1.807) is 19.2 Å². The van der Waals surface area contributed by atoms with Crippen LogP contribution >= 0.6 is 0 Å². The fourth-order valence-corrected chi connectivity index (χ4v) is 4.55. The van der Waals surface area contributed by atoms with Crippen molar-refractivity contribution >= 4 is 15.9 Å². The van der Waals surface area contributed by atoms with Gasteiger partial charge in [0.2, 0.25) is 15.9 Å². The van der Waals surface area contributed by atoms with Gasteiger partial charge in [0.25, 0.3) is 0 Å². The average molecular weight is 449 g/mol. The number of carbonyl (C=O) groups is 1. The van der Waals surface area contributed by atoms with Crippen LogP contribution < -0.4 is 14.8 Å². The van der Waals surface area contributed by atoms with Gasteiger partial charge < -0.3 is 19.5 Å². The van der Waals surface area contributed by atoms with Crippen molar-refractivity contribution in [1.29, 1.82) is 0 Å². The van der Waals surface area contributed by atoms with Crippen molar-refractivity contribution in [3.8, 4) is 11.5 Å². The van der Waals surface area contributed by atoms with Crippen LogP contribution in [0.4, 0.5) is 0 Å². The molecule has 1 saturated heterocycles. The van der Waals surface area contributed by atoms with E-state index in [4.69, 9.17) is 14.2 Å². The molecule has 0 atom stereocenters. The topological polar surface area (TPSA) is 94.2 Å². The first-order valence-corrected chi connectivity index (χ1v) is 11.6. The minimum Gasteiger partial charge on any atom is -0.497 e. The maximum atomic E-state index is 12.6. The fraction of sp³-hybridized carbons (Fsp3) is 0.409. The molecule has 31 heavy (non-hydrogen) atoms. The van der Waals surface area contributed by atoms with E-state index in [9.17, 15) is 13.2 Å². The molecule has 0 aliphatic carbocycles. The molecule has 8 nitrogen and oxygen atoms in total. The first kappa shape index (κ1) is 23.1. The summed E-state index contributed by atoms with van der Waals surface area (Å²) >= 11 is 0. The Labute approximate surface area is 183 Å². The Morgan fingerprint density at radius 3 is 2.32 bits per heavy atom. The molecule has 168 valence electrons. The van der Waals surface area contributed by atoms with E-state index in [2.05, 4.69) is 5.32 Å². The monoisotopic (exact) mass is 448 g/mol. The van der Waals surface area contributed by atoms with Crippen LogP contribution in [0, 0.1) is 0 Å². The molecule has 0 bridgehead atoms. The van der Waals surface area contributed by atoms with Gasteiger partial charge in [0.1, 0.15) is 18.1 Å². The standard InChI is InChI=1S/C22H28N2O6S/c1-28-19-5-2-18(3-6-19)4-11-22(25)23-12-15-30-20-7-9-21(10-8-20)31(26,27)24-13-16-29-17-14-24/h2-3,5-10H,4,11-17H2,1H3,(H,23,25). The van der Waals surface area contributed by atoms with Gasteiger partial charge in [-0.3, -0.25) is 4.79 Å². The van der Waals surface area contributed by atoms with Gasteiger partial charge >= 0.3 is 0 Å². The predicted octanol–water partition coefficient (Wildman–Crippen LogP) is 1.84. The zero-order chi connectivity index (χ0) is 22.1. The molecule has 1 aliphatic rings. The summed E-state index contributed by atoms with van der Waals surface area (Å²) in [5, 5.41) is 2.82. The van der Waals surface area contributed by atoms with Gasteiger partial charge in [-0.25, -0.2) is 8.42 Å². The molecule has 1 heterocycles. The Morgan fingerprint density at radius 1 is 1.03 bits per heavy atom. The first-order chi connectivity index (χ1) is 15.0. The number of amides is 1. The molecule has 0 aromatic heterocycles. The van der Waals surface area contributed by atoms with Gasteiger partial charge in [0, 0.05) is 19.5 Å². The number of aryl methyl sites for hydroxylation is 1. The van der Waals surface area contributed by atoms with Gasteiger partial charge in [-0.2, -0.15) is 4.31 Å². The van der Waals surface area contributed by atoms with Crippen LogP contribution in [0.15, 0.2) is 53.4 Å². The molecule has 2 aromatic rings. The van der Waals surface area contributed by atoms with Crippen molar-refractivity contribution in [2.45, 2.75) is 17.7 Å². The first-order valence-electron chi connectivity index (χ1n) is 10.2. The van der Waals surface area contributed by atoms with Gasteiger partial charge in [-0.1, -0.05) is 12.1 Å². The molecule has 1 amide bonds. The number of sulfonamides is 1. The molecule has 1 aliphatic heterocycles. The third kappa shape index (κ3) is 6.68. The molecular weight excluding hydrogens is 420 g/mol. The lowest BCUT2D eigenvalue weighted by Crippen LogP contribution is -2.40. The molecule has 0 unspecified atom stereocenters. The van der Waals surface area contributed by atoms with Crippen molar-refractivity contribution in [3.05, 3.63) is 54.1 Å². The van der Waals surface area contributed by atoms with Crippen LogP contribution in [0.5, 0.6) is 11.5 Å². The van der Waals surface area contributed by atoms with E-state index >= 15 is 0 Å². The Morgan fingerprint density at radius 2 is 1.68 bits per heavy atom. The van der Waals surface area contributed by atoms with Gasteiger partial charge in [0.05, 0.1) is 31.8 Å². The highest BCUT2D eigenvalue weighted by Crippen LogP contribution is 2.20. The van der Waals surface area contributed by atoms with Gasteiger partial charge in [-0.05, 0) is 48.4 Å². The SMILES string of the molecule is COc1ccc(CCC(=O)NCCOc2ccc(S(=O)(=O)N3CCOCC3)cc2)cc1. The van der Waals surface area contributed by atoms with E-state index in [0.717, 1.165) is 11.3 Å².